The number of nitrogens with zero attached hydrogens (tertiary/aromatic N) is 4. The van der Waals surface area contributed by atoms with Gasteiger partial charge in [-0.3, -0.25) is 4.79 Å². The predicted octanol–water partition coefficient (Wildman–Crippen LogP) is 4.99. The summed E-state index contributed by atoms with van der Waals surface area (Å²) in [5, 5.41) is 15.1. The topological polar surface area (TPSA) is 72.7 Å². The monoisotopic (exact) mass is 441 g/mol. The molecule has 2 aromatic heterocycles. The van der Waals surface area contributed by atoms with Gasteiger partial charge in [0.25, 0.3) is 0 Å². The van der Waals surface area contributed by atoms with E-state index in [1.807, 2.05) is 71.6 Å². The Morgan fingerprint density at radius 1 is 1.10 bits per heavy atom. The maximum atomic E-state index is 12.3. The maximum Gasteiger partial charge on any atom is 0.236 e. The summed E-state index contributed by atoms with van der Waals surface area (Å²) in [6.07, 6.45) is 0. The summed E-state index contributed by atoms with van der Waals surface area (Å²) in [5.74, 6) is 0.796. The van der Waals surface area contributed by atoms with Gasteiger partial charge in [0.1, 0.15) is 0 Å². The van der Waals surface area contributed by atoms with Crippen LogP contribution in [0.5, 0.6) is 0 Å². The highest BCUT2D eigenvalue weighted by molar-refractivity contribution is 7.99. The second-order valence-corrected chi connectivity index (χ2v) is 8.35. The molecule has 146 valence electrons. The Kier molecular flexibility index (Phi) is 5.94. The Morgan fingerprint density at radius 3 is 2.62 bits per heavy atom. The smallest absolute Gasteiger partial charge is 0.236 e. The highest BCUT2D eigenvalue weighted by Crippen LogP contribution is 2.26. The maximum absolute atomic E-state index is 12.3. The van der Waals surface area contributed by atoms with E-state index in [-0.39, 0.29) is 11.7 Å². The van der Waals surface area contributed by atoms with Gasteiger partial charge in [0.05, 0.1) is 11.4 Å². The van der Waals surface area contributed by atoms with Crippen LogP contribution in [0.25, 0.3) is 22.6 Å². The molecule has 1 amide bonds. The number of halogens is 1. The second-order valence-electron chi connectivity index (χ2n) is 6.11. The number of rotatable bonds is 6. The van der Waals surface area contributed by atoms with Crippen LogP contribution in [-0.2, 0) is 11.8 Å². The fraction of sp³-hybridized carbons (Fsp3) is 0.100. The van der Waals surface area contributed by atoms with Crippen LogP contribution in [0.2, 0.25) is 5.02 Å². The summed E-state index contributed by atoms with van der Waals surface area (Å²) in [6, 6.07) is 17.3. The molecule has 0 bridgehead atoms. The van der Waals surface area contributed by atoms with Crippen molar-refractivity contribution < 1.29 is 4.79 Å². The number of amides is 1. The van der Waals surface area contributed by atoms with Gasteiger partial charge in [-0.1, -0.05) is 53.7 Å². The van der Waals surface area contributed by atoms with Crippen molar-refractivity contribution in [2.24, 2.45) is 7.05 Å². The number of thioether (sulfide) groups is 1. The van der Waals surface area contributed by atoms with Gasteiger partial charge in [0.15, 0.2) is 16.1 Å². The molecular formula is C20H16ClN5OS2. The predicted molar refractivity (Wildman–Crippen MR) is 118 cm³/mol. The number of aromatic nitrogens is 4. The van der Waals surface area contributed by atoms with Crippen LogP contribution < -0.4 is 5.32 Å². The summed E-state index contributed by atoms with van der Waals surface area (Å²) in [7, 11) is 1.87. The SMILES string of the molecule is Cn1c(SCC(=O)Nc2nc(-c3ccccc3)cs2)nnc1-c1ccc(Cl)cc1. The quantitative estimate of drug-likeness (QED) is 0.427. The third-order valence-corrected chi connectivity index (χ3v) is 6.12. The van der Waals surface area contributed by atoms with Gasteiger partial charge in [-0.05, 0) is 24.3 Å². The standard InChI is InChI=1S/C20H16ClN5OS2/c1-26-18(14-7-9-15(21)10-8-14)24-25-20(26)29-12-17(27)23-19-22-16(11-28-19)13-5-3-2-4-6-13/h2-11H,12H2,1H3,(H,22,23,27). The number of benzene rings is 2. The zero-order valence-corrected chi connectivity index (χ0v) is 17.8. The summed E-state index contributed by atoms with van der Waals surface area (Å²) in [6.45, 7) is 0. The molecule has 0 spiro atoms. The van der Waals surface area contributed by atoms with Gasteiger partial charge in [-0.15, -0.1) is 21.5 Å². The Bertz CT molecular complexity index is 1130. The largest absolute Gasteiger partial charge is 0.305 e. The number of carbonyl (C=O) groups excluding carboxylic acids is 1. The summed E-state index contributed by atoms with van der Waals surface area (Å²) in [5.41, 5.74) is 2.78. The summed E-state index contributed by atoms with van der Waals surface area (Å²) >= 11 is 8.66. The van der Waals surface area contributed by atoms with Crippen molar-refractivity contribution >= 4 is 45.7 Å². The first-order valence-electron chi connectivity index (χ1n) is 8.69. The van der Waals surface area contributed by atoms with E-state index >= 15 is 0 Å². The molecule has 0 atom stereocenters. The molecule has 1 N–H and O–H groups in total. The highest BCUT2D eigenvalue weighted by Gasteiger charge is 2.14. The van der Waals surface area contributed by atoms with E-state index < -0.39 is 0 Å². The summed E-state index contributed by atoms with van der Waals surface area (Å²) in [4.78, 5) is 16.8. The third kappa shape index (κ3) is 4.67. The van der Waals surface area contributed by atoms with Gasteiger partial charge in [0.2, 0.25) is 5.91 Å². The van der Waals surface area contributed by atoms with Gasteiger partial charge < -0.3 is 9.88 Å². The lowest BCUT2D eigenvalue weighted by Gasteiger charge is -2.04. The van der Waals surface area contributed by atoms with Crippen molar-refractivity contribution in [2.45, 2.75) is 5.16 Å². The zero-order valence-electron chi connectivity index (χ0n) is 15.4. The zero-order chi connectivity index (χ0) is 20.2. The van der Waals surface area contributed by atoms with Crippen LogP contribution in [0.1, 0.15) is 0 Å². The van der Waals surface area contributed by atoms with Crippen LogP contribution in [-0.4, -0.2) is 31.4 Å². The number of carbonyl (C=O) groups is 1. The fourth-order valence-corrected chi connectivity index (χ4v) is 4.22. The number of hydrogen-bond donors (Lipinski definition) is 1. The molecule has 0 unspecified atom stereocenters. The Labute approximate surface area is 181 Å². The van der Waals surface area contributed by atoms with Crippen molar-refractivity contribution in [3.05, 3.63) is 65.0 Å². The lowest BCUT2D eigenvalue weighted by Crippen LogP contribution is -2.14. The number of anilines is 1. The molecule has 0 aliphatic carbocycles. The van der Waals surface area contributed by atoms with E-state index in [4.69, 9.17) is 11.6 Å². The molecular weight excluding hydrogens is 426 g/mol. The molecule has 0 aliphatic heterocycles. The Morgan fingerprint density at radius 2 is 1.86 bits per heavy atom. The van der Waals surface area contributed by atoms with E-state index in [0.717, 1.165) is 22.6 Å². The highest BCUT2D eigenvalue weighted by atomic mass is 35.5. The first kappa shape index (κ1) is 19.6. The number of nitrogens with one attached hydrogen (secondary N) is 1. The van der Waals surface area contributed by atoms with E-state index in [2.05, 4.69) is 20.5 Å². The minimum Gasteiger partial charge on any atom is -0.305 e. The lowest BCUT2D eigenvalue weighted by atomic mass is 10.2. The molecule has 2 heterocycles. The van der Waals surface area contributed by atoms with E-state index in [9.17, 15) is 4.79 Å². The number of thiazole rings is 1. The van der Waals surface area contributed by atoms with Crippen molar-refractivity contribution in [1.82, 2.24) is 19.7 Å². The van der Waals surface area contributed by atoms with Crippen molar-refractivity contribution in [2.75, 3.05) is 11.1 Å². The number of hydrogen-bond acceptors (Lipinski definition) is 6. The molecule has 2 aromatic carbocycles. The van der Waals surface area contributed by atoms with Crippen molar-refractivity contribution in [1.29, 1.82) is 0 Å². The molecule has 0 saturated heterocycles. The molecule has 4 rings (SSSR count). The van der Waals surface area contributed by atoms with E-state index in [1.165, 1.54) is 23.1 Å². The second kappa shape index (κ2) is 8.77. The molecule has 9 heteroatoms. The Balaban J connectivity index is 1.37. The first-order chi connectivity index (χ1) is 14.1. The molecule has 0 fully saturated rings. The first-order valence-corrected chi connectivity index (χ1v) is 10.9. The van der Waals surface area contributed by atoms with Crippen molar-refractivity contribution in [3.63, 3.8) is 0 Å². The van der Waals surface area contributed by atoms with Gasteiger partial charge >= 0.3 is 0 Å². The van der Waals surface area contributed by atoms with Crippen LogP contribution in [0.4, 0.5) is 5.13 Å². The molecule has 0 radical (unpaired) electrons. The van der Waals surface area contributed by atoms with E-state index in [0.29, 0.717) is 15.3 Å². The molecule has 0 aliphatic rings. The average molecular weight is 442 g/mol. The minimum atomic E-state index is -0.139. The average Bonchev–Trinajstić information content (AvgIpc) is 3.35. The molecule has 6 nitrogen and oxygen atoms in total. The minimum absolute atomic E-state index is 0.139. The van der Waals surface area contributed by atoms with Crippen LogP contribution in [0.15, 0.2) is 65.1 Å². The molecule has 0 saturated carbocycles. The van der Waals surface area contributed by atoms with Gasteiger partial charge in [-0.25, -0.2) is 4.98 Å². The van der Waals surface area contributed by atoms with Crippen LogP contribution >= 0.6 is 34.7 Å². The molecule has 29 heavy (non-hydrogen) atoms. The van der Waals surface area contributed by atoms with Gasteiger partial charge in [0, 0.05) is 28.6 Å². The Hall–Kier alpha value is -2.68. The van der Waals surface area contributed by atoms with E-state index in [1.54, 1.807) is 0 Å². The lowest BCUT2D eigenvalue weighted by molar-refractivity contribution is -0.113. The van der Waals surface area contributed by atoms with Crippen LogP contribution in [0.3, 0.4) is 0 Å². The fourth-order valence-electron chi connectivity index (χ4n) is 2.65. The van der Waals surface area contributed by atoms with Gasteiger partial charge in [-0.2, -0.15) is 0 Å². The normalized spacial score (nSPS) is 10.8. The summed E-state index contributed by atoms with van der Waals surface area (Å²) < 4.78 is 1.86. The van der Waals surface area contributed by atoms with Crippen molar-refractivity contribution in [3.8, 4) is 22.6 Å². The molecule has 4 aromatic rings. The third-order valence-electron chi connectivity index (χ3n) is 4.09. The van der Waals surface area contributed by atoms with Crippen LogP contribution in [0, 0.1) is 0 Å².